The topological polar surface area (TPSA) is 61.8 Å². The molecule has 5 heteroatoms. The molecule has 0 aromatic carbocycles. The van der Waals surface area contributed by atoms with Crippen molar-refractivity contribution >= 4 is 5.91 Å². The van der Waals surface area contributed by atoms with Gasteiger partial charge in [-0.25, -0.2) is 0 Å². The Morgan fingerprint density at radius 1 is 1.62 bits per heavy atom. The lowest BCUT2D eigenvalue weighted by atomic mass is 10.0. The second kappa shape index (κ2) is 5.12. The molecule has 16 heavy (non-hydrogen) atoms. The second-order valence-electron chi connectivity index (χ2n) is 4.67. The Kier molecular flexibility index (Phi) is 3.78. The van der Waals surface area contributed by atoms with Crippen LogP contribution in [-0.2, 0) is 9.53 Å². The van der Waals surface area contributed by atoms with Gasteiger partial charge in [0, 0.05) is 13.1 Å². The van der Waals surface area contributed by atoms with Crippen molar-refractivity contribution in [2.45, 2.75) is 25.5 Å². The van der Waals surface area contributed by atoms with E-state index in [2.05, 4.69) is 5.32 Å². The lowest BCUT2D eigenvalue weighted by Gasteiger charge is -2.38. The zero-order chi connectivity index (χ0) is 11.5. The predicted molar refractivity (Wildman–Crippen MR) is 59.0 cm³/mol. The van der Waals surface area contributed by atoms with E-state index in [0.29, 0.717) is 13.2 Å². The van der Waals surface area contributed by atoms with Crippen LogP contribution in [0.4, 0.5) is 0 Å². The van der Waals surface area contributed by atoms with E-state index in [9.17, 15) is 4.79 Å². The number of nitrogens with one attached hydrogen (secondary N) is 1. The van der Waals surface area contributed by atoms with Crippen molar-refractivity contribution in [1.82, 2.24) is 10.2 Å². The molecule has 0 radical (unpaired) electrons. The maximum Gasteiger partial charge on any atom is 0.227 e. The summed E-state index contributed by atoms with van der Waals surface area (Å²) in [4.78, 5) is 14.1. The van der Waals surface area contributed by atoms with Gasteiger partial charge >= 0.3 is 0 Å². The summed E-state index contributed by atoms with van der Waals surface area (Å²) in [6.45, 7) is 4.74. The maximum atomic E-state index is 12.2. The van der Waals surface area contributed by atoms with E-state index in [1.807, 2.05) is 11.8 Å². The monoisotopic (exact) mass is 228 g/mol. The smallest absolute Gasteiger partial charge is 0.227 e. The molecule has 1 amide bonds. The number of hydrogen-bond donors (Lipinski definition) is 2. The van der Waals surface area contributed by atoms with Crippen LogP contribution in [0, 0.1) is 5.92 Å². The fourth-order valence-corrected chi connectivity index (χ4v) is 2.33. The molecule has 0 aromatic heterocycles. The van der Waals surface area contributed by atoms with Gasteiger partial charge in [0.15, 0.2) is 0 Å². The third-order valence-corrected chi connectivity index (χ3v) is 3.40. The van der Waals surface area contributed by atoms with Crippen molar-refractivity contribution in [2.24, 2.45) is 5.92 Å². The number of morpholine rings is 1. The minimum absolute atomic E-state index is 0.0145. The van der Waals surface area contributed by atoms with Crippen molar-refractivity contribution in [3.05, 3.63) is 0 Å². The van der Waals surface area contributed by atoms with Gasteiger partial charge in [0.1, 0.15) is 0 Å². The molecule has 3 unspecified atom stereocenters. The molecule has 2 heterocycles. The summed E-state index contributed by atoms with van der Waals surface area (Å²) in [6.07, 6.45) is 0.710. The van der Waals surface area contributed by atoms with Crippen molar-refractivity contribution in [3.63, 3.8) is 0 Å². The highest BCUT2D eigenvalue weighted by molar-refractivity contribution is 5.79. The molecule has 2 aliphatic heterocycles. The van der Waals surface area contributed by atoms with Crippen molar-refractivity contribution in [3.8, 4) is 0 Å². The van der Waals surface area contributed by atoms with E-state index >= 15 is 0 Å². The fraction of sp³-hybridized carbons (Fsp3) is 0.909. The van der Waals surface area contributed by atoms with E-state index in [-0.39, 0.29) is 30.6 Å². The molecule has 0 aliphatic carbocycles. The number of rotatable bonds is 2. The van der Waals surface area contributed by atoms with Gasteiger partial charge in [0.05, 0.1) is 31.3 Å². The molecule has 0 spiro atoms. The molecule has 0 saturated carbocycles. The SMILES string of the molecule is CC1COC(CO)CN1C(=O)C1CCNC1. The number of hydrogen-bond acceptors (Lipinski definition) is 4. The molecule has 2 rings (SSSR count). The van der Waals surface area contributed by atoms with E-state index in [1.165, 1.54) is 0 Å². The molecule has 2 aliphatic rings. The third kappa shape index (κ3) is 2.36. The van der Waals surface area contributed by atoms with Gasteiger partial charge in [-0.15, -0.1) is 0 Å². The predicted octanol–water partition coefficient (Wildman–Crippen LogP) is -0.796. The number of amides is 1. The summed E-state index contributed by atoms with van der Waals surface area (Å²) < 4.78 is 5.42. The number of aliphatic hydroxyl groups is 1. The van der Waals surface area contributed by atoms with Gasteiger partial charge in [-0.1, -0.05) is 0 Å². The summed E-state index contributed by atoms with van der Waals surface area (Å²) >= 11 is 0. The summed E-state index contributed by atoms with van der Waals surface area (Å²) in [5.74, 6) is 0.319. The normalized spacial score (nSPS) is 35.4. The average molecular weight is 228 g/mol. The van der Waals surface area contributed by atoms with E-state index < -0.39 is 0 Å². The van der Waals surface area contributed by atoms with Gasteiger partial charge in [-0.3, -0.25) is 4.79 Å². The van der Waals surface area contributed by atoms with Crippen LogP contribution in [0.1, 0.15) is 13.3 Å². The Hall–Kier alpha value is -0.650. The largest absolute Gasteiger partial charge is 0.394 e. The summed E-state index contributed by atoms with van der Waals surface area (Å²) in [5, 5.41) is 12.3. The Labute approximate surface area is 95.8 Å². The first-order valence-electron chi connectivity index (χ1n) is 5.96. The molecular weight excluding hydrogens is 208 g/mol. The van der Waals surface area contributed by atoms with Gasteiger partial charge in [0.25, 0.3) is 0 Å². The lowest BCUT2D eigenvalue weighted by molar-refractivity contribution is -0.149. The Morgan fingerprint density at radius 2 is 2.44 bits per heavy atom. The number of ether oxygens (including phenoxy) is 1. The zero-order valence-corrected chi connectivity index (χ0v) is 9.69. The summed E-state index contributed by atoms with van der Waals surface area (Å²) in [7, 11) is 0. The van der Waals surface area contributed by atoms with Crippen LogP contribution in [0.25, 0.3) is 0 Å². The van der Waals surface area contributed by atoms with Crippen molar-refractivity contribution in [1.29, 1.82) is 0 Å². The molecule has 92 valence electrons. The van der Waals surface area contributed by atoms with E-state index in [1.54, 1.807) is 0 Å². The second-order valence-corrected chi connectivity index (χ2v) is 4.67. The molecule has 2 saturated heterocycles. The quantitative estimate of drug-likeness (QED) is 0.650. The van der Waals surface area contributed by atoms with Crippen LogP contribution in [-0.4, -0.2) is 60.9 Å². The molecule has 2 N–H and O–H groups in total. The van der Waals surface area contributed by atoms with Crippen LogP contribution >= 0.6 is 0 Å². The number of carbonyl (C=O) groups excluding carboxylic acids is 1. The van der Waals surface area contributed by atoms with Gasteiger partial charge in [-0.05, 0) is 19.9 Å². The fourth-order valence-electron chi connectivity index (χ4n) is 2.33. The van der Waals surface area contributed by atoms with E-state index in [4.69, 9.17) is 9.84 Å². The molecule has 2 fully saturated rings. The summed E-state index contributed by atoms with van der Waals surface area (Å²) in [5.41, 5.74) is 0. The van der Waals surface area contributed by atoms with Gasteiger partial charge < -0.3 is 20.1 Å². The molecule has 0 aromatic rings. The highest BCUT2D eigenvalue weighted by Gasteiger charge is 2.34. The van der Waals surface area contributed by atoms with Crippen LogP contribution in [0.3, 0.4) is 0 Å². The number of nitrogens with zero attached hydrogens (tertiary/aromatic N) is 1. The first kappa shape index (κ1) is 11.8. The standard InChI is InChI=1S/C11H20N2O3/c1-8-7-16-10(6-14)5-13(8)11(15)9-2-3-12-4-9/h8-10,12,14H,2-7H2,1H3. The number of aliphatic hydroxyl groups excluding tert-OH is 1. The Morgan fingerprint density at radius 3 is 3.06 bits per heavy atom. The first-order chi connectivity index (χ1) is 7.72. The third-order valence-electron chi connectivity index (χ3n) is 3.40. The Balaban J connectivity index is 1.97. The maximum absolute atomic E-state index is 12.2. The molecule has 3 atom stereocenters. The number of carbonyl (C=O) groups is 1. The summed E-state index contributed by atoms with van der Waals surface area (Å²) in [6, 6.07) is 0.121. The molecule has 5 nitrogen and oxygen atoms in total. The molecule has 0 bridgehead atoms. The van der Waals surface area contributed by atoms with Gasteiger partial charge in [0.2, 0.25) is 5.91 Å². The Bertz CT molecular complexity index is 254. The minimum Gasteiger partial charge on any atom is -0.394 e. The van der Waals surface area contributed by atoms with Crippen molar-refractivity contribution < 1.29 is 14.6 Å². The molecular formula is C11H20N2O3. The first-order valence-corrected chi connectivity index (χ1v) is 5.96. The highest BCUT2D eigenvalue weighted by atomic mass is 16.5. The van der Waals surface area contributed by atoms with Crippen LogP contribution in [0.5, 0.6) is 0 Å². The average Bonchev–Trinajstić information content (AvgIpc) is 2.82. The zero-order valence-electron chi connectivity index (χ0n) is 9.69. The lowest BCUT2D eigenvalue weighted by Crippen LogP contribution is -2.53. The van der Waals surface area contributed by atoms with Crippen molar-refractivity contribution in [2.75, 3.05) is 32.8 Å². The highest BCUT2D eigenvalue weighted by Crippen LogP contribution is 2.18. The van der Waals surface area contributed by atoms with Crippen LogP contribution in [0.15, 0.2) is 0 Å². The van der Waals surface area contributed by atoms with Crippen LogP contribution < -0.4 is 5.32 Å². The van der Waals surface area contributed by atoms with Gasteiger partial charge in [-0.2, -0.15) is 0 Å². The minimum atomic E-state index is -0.213. The van der Waals surface area contributed by atoms with Crippen LogP contribution in [0.2, 0.25) is 0 Å². The van der Waals surface area contributed by atoms with E-state index in [0.717, 1.165) is 19.5 Å².